The van der Waals surface area contributed by atoms with E-state index in [1.165, 1.54) is 0 Å². The van der Waals surface area contributed by atoms with Crippen molar-refractivity contribution in [3.05, 3.63) is 0 Å². The molecule has 0 aromatic rings. The molecule has 0 rings (SSSR count). The van der Waals surface area contributed by atoms with Crippen LogP contribution in [0.2, 0.25) is 0 Å². The maximum Gasteiger partial charge on any atom is 2.00 e. The first kappa shape index (κ1) is 16.8. The van der Waals surface area contributed by atoms with Gasteiger partial charge in [0.15, 0.2) is 0 Å². The van der Waals surface area contributed by atoms with Gasteiger partial charge in [-0.25, -0.2) is 0 Å². The Bertz CT molecular complexity index is 99.1. The summed E-state index contributed by atoms with van der Waals surface area (Å²) in [6.07, 6.45) is 0. The molecule has 0 saturated heterocycles. The average Bonchev–Trinajstić information content (AvgIpc) is 1.89. The van der Waals surface area contributed by atoms with Crippen LogP contribution in [0.3, 0.4) is 0 Å². The van der Waals surface area contributed by atoms with Crippen LogP contribution in [0.5, 0.6) is 0 Å². The summed E-state index contributed by atoms with van der Waals surface area (Å²) in [5, 5.41) is 17.6. The van der Waals surface area contributed by atoms with Gasteiger partial charge >= 0.3 is 17.1 Å². The van der Waals surface area contributed by atoms with Gasteiger partial charge in [-0.05, 0) is 0 Å². The van der Waals surface area contributed by atoms with Crippen molar-refractivity contribution in [2.45, 2.75) is 13.8 Å². The minimum absolute atomic E-state index is 0. The second-order valence-corrected chi connectivity index (χ2v) is 1.15. The van der Waals surface area contributed by atoms with Crippen molar-refractivity contribution in [1.29, 1.82) is 0 Å². The summed E-state index contributed by atoms with van der Waals surface area (Å²) in [5.74, 6) is -1.60. The van der Waals surface area contributed by atoms with Gasteiger partial charge in [-0.15, -0.1) is 0 Å². The van der Waals surface area contributed by atoms with Crippen molar-refractivity contribution in [2.75, 3.05) is 0 Å². The van der Waals surface area contributed by atoms with Crippen molar-refractivity contribution in [3.63, 3.8) is 0 Å². The number of carbonyl (C=O) groups is 2. The molecule has 6 nitrogen and oxygen atoms in total. The van der Waals surface area contributed by atoms with Gasteiger partial charge in [0.25, 0.3) is 11.9 Å². The molecular formula is C4H6MnO6. The second kappa shape index (κ2) is 12.1. The van der Waals surface area contributed by atoms with Gasteiger partial charge in [0.1, 0.15) is 0 Å². The van der Waals surface area contributed by atoms with Gasteiger partial charge in [-0.1, -0.05) is 0 Å². The smallest absolute Gasteiger partial charge is 0.662 e. The van der Waals surface area contributed by atoms with E-state index in [0.29, 0.717) is 0 Å². The molecule has 0 unspecified atom stereocenters. The molecule has 0 amide bonds. The summed E-state index contributed by atoms with van der Waals surface area (Å²) in [6.45, 7) is 2.10. The Labute approximate surface area is 73.4 Å². The molecule has 0 saturated carbocycles. The molecule has 7 heteroatoms. The van der Waals surface area contributed by atoms with Crippen LogP contribution in [0, 0.1) is 0 Å². The quantitative estimate of drug-likeness (QED) is 0.249. The normalized spacial score (nSPS) is 6.18. The molecule has 0 aromatic carbocycles. The molecule has 0 aliphatic carbocycles. The van der Waals surface area contributed by atoms with E-state index in [-0.39, 0.29) is 17.1 Å². The van der Waals surface area contributed by atoms with Crippen molar-refractivity contribution in [3.8, 4) is 0 Å². The Morgan fingerprint density at radius 2 is 1.09 bits per heavy atom. The van der Waals surface area contributed by atoms with Gasteiger partial charge in [-0.3, -0.25) is 9.59 Å². The molecule has 1 radical (unpaired) electrons. The molecule has 0 bridgehead atoms. The SMILES string of the molecule is CC(=O)O[O-].CC(=O)O[O-].[Mn+2]. The predicted molar refractivity (Wildman–Crippen MR) is 23.5 cm³/mol. The average molecular weight is 205 g/mol. The fourth-order valence-electron chi connectivity index (χ4n) is 0. The first-order chi connectivity index (χ1) is 4.54. The Balaban J connectivity index is -0.000000107. The third-order valence-corrected chi connectivity index (χ3v) is 0.235. The van der Waals surface area contributed by atoms with Crippen molar-refractivity contribution in [1.82, 2.24) is 0 Å². The standard InChI is InChI=1S/2C2H4O3.Mn/c2*1-2(3)5-4;/h2*4H,1H3;/q;;+2/p-2. The van der Waals surface area contributed by atoms with Crippen LogP contribution < -0.4 is 10.5 Å². The van der Waals surface area contributed by atoms with Crippen molar-refractivity contribution in [2.24, 2.45) is 0 Å². The Hall–Kier alpha value is -0.621. The summed E-state index contributed by atoms with van der Waals surface area (Å²) >= 11 is 0. The summed E-state index contributed by atoms with van der Waals surface area (Å²) < 4.78 is 0. The van der Waals surface area contributed by atoms with E-state index in [4.69, 9.17) is 10.5 Å². The number of hydrogen-bond donors (Lipinski definition) is 0. The first-order valence-electron chi connectivity index (χ1n) is 2.15. The van der Waals surface area contributed by atoms with Gasteiger partial charge < -0.3 is 20.3 Å². The molecule has 0 heterocycles. The van der Waals surface area contributed by atoms with E-state index in [2.05, 4.69) is 9.78 Å². The fraction of sp³-hybridized carbons (Fsp3) is 0.500. The van der Waals surface area contributed by atoms with Gasteiger partial charge in [0.05, 0.1) is 0 Å². The Morgan fingerprint density at radius 3 is 1.09 bits per heavy atom. The zero-order valence-electron chi connectivity index (χ0n) is 5.83. The van der Waals surface area contributed by atoms with Crippen LogP contribution in [0.1, 0.15) is 13.8 Å². The van der Waals surface area contributed by atoms with Crippen LogP contribution in [0.4, 0.5) is 0 Å². The molecule has 0 atom stereocenters. The van der Waals surface area contributed by atoms with E-state index >= 15 is 0 Å². The molecule has 0 fully saturated rings. The fourth-order valence-corrected chi connectivity index (χ4v) is 0. The summed E-state index contributed by atoms with van der Waals surface area (Å²) in [6, 6.07) is 0. The molecule has 0 aliphatic heterocycles. The largest absolute Gasteiger partial charge is 2.00 e. The van der Waals surface area contributed by atoms with Crippen LogP contribution in [-0.2, 0) is 36.4 Å². The molecule has 0 N–H and O–H groups in total. The Kier molecular flexibility index (Phi) is 18.4. The minimum Gasteiger partial charge on any atom is -0.662 e. The maximum absolute atomic E-state index is 9.28. The van der Waals surface area contributed by atoms with Gasteiger partial charge in [0, 0.05) is 13.8 Å². The summed E-state index contributed by atoms with van der Waals surface area (Å²) in [4.78, 5) is 24.3. The monoisotopic (exact) mass is 205 g/mol. The van der Waals surface area contributed by atoms with Crippen molar-refractivity contribution >= 4 is 11.9 Å². The van der Waals surface area contributed by atoms with E-state index in [1.54, 1.807) is 0 Å². The van der Waals surface area contributed by atoms with E-state index in [0.717, 1.165) is 13.8 Å². The van der Waals surface area contributed by atoms with Crippen LogP contribution in [0.15, 0.2) is 0 Å². The molecule has 0 aliphatic rings. The number of carbonyl (C=O) groups excluding carboxylic acids is 2. The molecule has 0 aromatic heterocycles. The zero-order valence-corrected chi connectivity index (χ0v) is 7.01. The van der Waals surface area contributed by atoms with Gasteiger partial charge in [0.2, 0.25) is 0 Å². The van der Waals surface area contributed by atoms with E-state index in [1.807, 2.05) is 0 Å². The molecular weight excluding hydrogens is 199 g/mol. The number of hydrogen-bond acceptors (Lipinski definition) is 6. The number of rotatable bonds is 0. The third kappa shape index (κ3) is 44.7. The Morgan fingerprint density at radius 1 is 1.00 bits per heavy atom. The molecule has 0 spiro atoms. The summed E-state index contributed by atoms with van der Waals surface area (Å²) in [5.41, 5.74) is 0. The molecule has 11 heavy (non-hydrogen) atoms. The van der Waals surface area contributed by atoms with Gasteiger partial charge in [-0.2, -0.15) is 0 Å². The topological polar surface area (TPSA) is 98.7 Å². The van der Waals surface area contributed by atoms with Crippen molar-refractivity contribution < 1.29 is 46.9 Å². The third-order valence-electron chi connectivity index (χ3n) is 0.235. The maximum atomic E-state index is 9.28. The van der Waals surface area contributed by atoms with E-state index < -0.39 is 11.9 Å². The van der Waals surface area contributed by atoms with Crippen LogP contribution in [0.25, 0.3) is 0 Å². The predicted octanol–water partition coefficient (Wildman–Crippen LogP) is -2.35. The van der Waals surface area contributed by atoms with Crippen LogP contribution in [-0.4, -0.2) is 11.9 Å². The summed E-state index contributed by atoms with van der Waals surface area (Å²) in [7, 11) is 0. The van der Waals surface area contributed by atoms with E-state index in [9.17, 15) is 9.59 Å². The van der Waals surface area contributed by atoms with Crippen LogP contribution >= 0.6 is 0 Å². The minimum atomic E-state index is -0.801. The second-order valence-electron chi connectivity index (χ2n) is 1.15. The molecule has 65 valence electrons. The zero-order chi connectivity index (χ0) is 8.57. The first-order valence-corrected chi connectivity index (χ1v) is 2.15.